The van der Waals surface area contributed by atoms with E-state index in [-0.39, 0.29) is 26.2 Å². The normalized spacial score (nSPS) is 12.9. The minimum absolute atomic E-state index is 0.211. The van der Waals surface area contributed by atoms with Crippen molar-refractivity contribution in [2.75, 3.05) is 19.8 Å². The molecule has 0 aromatic rings. The van der Waals surface area contributed by atoms with Crippen molar-refractivity contribution < 1.29 is 32.4 Å². The standard InChI is InChI=1S/C14H28O7Si/c1-5-9-10-12(14(16)17)11-13(15)21-22(18-6-2,19-7-3)20-8-4/h12H,5-11H2,1-4H3,(H,16,17). The highest BCUT2D eigenvalue weighted by Crippen LogP contribution is 2.18. The number of hydrogen-bond donors (Lipinski definition) is 1. The van der Waals surface area contributed by atoms with Crippen LogP contribution in [-0.4, -0.2) is 45.9 Å². The number of carboxylic acid groups (broad SMARTS) is 1. The summed E-state index contributed by atoms with van der Waals surface area (Å²) in [4.78, 5) is 23.3. The number of carboxylic acids is 1. The summed E-state index contributed by atoms with van der Waals surface area (Å²) in [5, 5.41) is 9.17. The molecule has 8 heteroatoms. The molecule has 7 nitrogen and oxygen atoms in total. The van der Waals surface area contributed by atoms with Gasteiger partial charge in [-0.3, -0.25) is 9.59 Å². The molecule has 0 spiro atoms. The van der Waals surface area contributed by atoms with Crippen molar-refractivity contribution in [3.63, 3.8) is 0 Å². The maximum absolute atomic E-state index is 12.1. The van der Waals surface area contributed by atoms with Gasteiger partial charge in [-0.1, -0.05) is 19.8 Å². The lowest BCUT2D eigenvalue weighted by Gasteiger charge is -2.26. The number of rotatable bonds is 13. The molecule has 0 aliphatic carbocycles. The molecule has 22 heavy (non-hydrogen) atoms. The van der Waals surface area contributed by atoms with Gasteiger partial charge in [0.1, 0.15) is 0 Å². The maximum Gasteiger partial charge on any atom is 0.751 e. The first-order valence-corrected chi connectivity index (χ1v) is 9.44. The Morgan fingerprint density at radius 3 is 1.86 bits per heavy atom. The van der Waals surface area contributed by atoms with Gasteiger partial charge < -0.3 is 22.8 Å². The van der Waals surface area contributed by atoms with Crippen LogP contribution in [0.2, 0.25) is 0 Å². The Balaban J connectivity index is 4.80. The van der Waals surface area contributed by atoms with Gasteiger partial charge in [-0.15, -0.1) is 0 Å². The number of carbonyl (C=O) groups excluding carboxylic acids is 1. The molecule has 130 valence electrons. The van der Waals surface area contributed by atoms with Crippen LogP contribution in [0.1, 0.15) is 53.4 Å². The Labute approximate surface area is 133 Å². The fraction of sp³-hybridized carbons (Fsp3) is 0.857. The molecule has 0 rings (SSSR count). The molecular weight excluding hydrogens is 308 g/mol. The molecule has 0 radical (unpaired) electrons. The quantitative estimate of drug-likeness (QED) is 0.516. The fourth-order valence-electron chi connectivity index (χ4n) is 1.89. The molecule has 0 fully saturated rings. The molecule has 0 aliphatic heterocycles. The van der Waals surface area contributed by atoms with Gasteiger partial charge >= 0.3 is 15.0 Å². The van der Waals surface area contributed by atoms with Crippen molar-refractivity contribution in [3.8, 4) is 0 Å². The van der Waals surface area contributed by atoms with Crippen LogP contribution in [0.3, 0.4) is 0 Å². The Morgan fingerprint density at radius 2 is 1.50 bits per heavy atom. The molecule has 0 aromatic carbocycles. The van der Waals surface area contributed by atoms with Gasteiger partial charge in [-0.2, -0.15) is 0 Å². The van der Waals surface area contributed by atoms with Gasteiger partial charge in [0.15, 0.2) is 0 Å². The first-order valence-electron chi connectivity index (χ1n) is 7.81. The van der Waals surface area contributed by atoms with E-state index in [0.29, 0.717) is 6.42 Å². The molecular formula is C14H28O7Si. The van der Waals surface area contributed by atoms with Crippen molar-refractivity contribution >= 4 is 21.0 Å². The topological polar surface area (TPSA) is 91.3 Å². The van der Waals surface area contributed by atoms with Crippen molar-refractivity contribution in [3.05, 3.63) is 0 Å². The van der Waals surface area contributed by atoms with Crippen LogP contribution in [0.15, 0.2) is 0 Å². The summed E-state index contributed by atoms with van der Waals surface area (Å²) < 4.78 is 21.5. The van der Waals surface area contributed by atoms with Crippen LogP contribution in [0.4, 0.5) is 0 Å². The summed E-state index contributed by atoms with van der Waals surface area (Å²) in [7, 11) is -3.53. The molecule has 0 aliphatic rings. The molecule has 0 saturated heterocycles. The summed E-state index contributed by atoms with van der Waals surface area (Å²) in [5.74, 6) is -2.42. The average Bonchev–Trinajstić information content (AvgIpc) is 2.43. The zero-order chi connectivity index (χ0) is 17.0. The van der Waals surface area contributed by atoms with E-state index < -0.39 is 26.9 Å². The predicted octanol–water partition coefficient (Wildman–Crippen LogP) is 2.36. The highest BCUT2D eigenvalue weighted by molar-refractivity contribution is 6.55. The predicted molar refractivity (Wildman–Crippen MR) is 82.0 cm³/mol. The minimum atomic E-state index is -3.53. The number of aliphatic carboxylic acids is 1. The van der Waals surface area contributed by atoms with E-state index in [2.05, 4.69) is 0 Å². The first kappa shape index (κ1) is 21.0. The van der Waals surface area contributed by atoms with E-state index in [0.717, 1.165) is 12.8 Å². The SMILES string of the molecule is CCCCC(CC(=O)O[Si](OCC)(OCC)OCC)C(=O)O. The number of carbonyl (C=O) groups is 2. The Morgan fingerprint density at radius 1 is 1.00 bits per heavy atom. The lowest BCUT2D eigenvalue weighted by molar-refractivity contribution is -0.152. The van der Waals surface area contributed by atoms with E-state index >= 15 is 0 Å². The summed E-state index contributed by atoms with van der Waals surface area (Å²) in [6.45, 7) is 8.03. The summed E-state index contributed by atoms with van der Waals surface area (Å²) in [6.07, 6.45) is 1.84. The molecule has 0 heterocycles. The lowest BCUT2D eigenvalue weighted by Crippen LogP contribution is -2.51. The molecule has 0 aromatic heterocycles. The highest BCUT2D eigenvalue weighted by Gasteiger charge is 2.49. The fourth-order valence-corrected chi connectivity index (χ4v) is 3.74. The number of hydrogen-bond acceptors (Lipinski definition) is 6. The second-order valence-electron chi connectivity index (χ2n) is 4.65. The van der Waals surface area contributed by atoms with Gasteiger partial charge in [-0.05, 0) is 27.2 Å². The van der Waals surface area contributed by atoms with Gasteiger partial charge in [0, 0.05) is 19.8 Å². The maximum atomic E-state index is 12.1. The Hall–Kier alpha value is -0.963. The first-order chi connectivity index (χ1) is 10.4. The molecule has 1 atom stereocenters. The van der Waals surface area contributed by atoms with Gasteiger partial charge in [0.05, 0.1) is 12.3 Å². The monoisotopic (exact) mass is 336 g/mol. The van der Waals surface area contributed by atoms with Crippen LogP contribution in [-0.2, 0) is 27.3 Å². The van der Waals surface area contributed by atoms with Crippen molar-refractivity contribution in [1.29, 1.82) is 0 Å². The summed E-state index contributed by atoms with van der Waals surface area (Å²) in [5.41, 5.74) is 0. The van der Waals surface area contributed by atoms with Crippen molar-refractivity contribution in [1.82, 2.24) is 0 Å². The average molecular weight is 336 g/mol. The lowest BCUT2D eigenvalue weighted by atomic mass is 9.99. The highest BCUT2D eigenvalue weighted by atomic mass is 28.4. The zero-order valence-electron chi connectivity index (χ0n) is 13.9. The van der Waals surface area contributed by atoms with E-state index in [1.165, 1.54) is 0 Å². The third-order valence-electron chi connectivity index (χ3n) is 2.87. The summed E-state index contributed by atoms with van der Waals surface area (Å²) >= 11 is 0. The second-order valence-corrected chi connectivity index (χ2v) is 6.72. The van der Waals surface area contributed by atoms with Crippen LogP contribution in [0.5, 0.6) is 0 Å². The van der Waals surface area contributed by atoms with E-state index in [4.69, 9.17) is 22.8 Å². The van der Waals surface area contributed by atoms with Gasteiger partial charge in [-0.25, -0.2) is 0 Å². The molecule has 0 amide bonds. The Kier molecular flexibility index (Phi) is 11.1. The third-order valence-corrected chi connectivity index (χ3v) is 5.27. The number of unbranched alkanes of at least 4 members (excludes halogenated alkanes) is 1. The van der Waals surface area contributed by atoms with Crippen LogP contribution in [0, 0.1) is 5.92 Å². The van der Waals surface area contributed by atoms with Crippen LogP contribution < -0.4 is 0 Å². The van der Waals surface area contributed by atoms with Crippen molar-refractivity contribution in [2.45, 2.75) is 53.4 Å². The van der Waals surface area contributed by atoms with Gasteiger partial charge in [0.2, 0.25) is 0 Å². The van der Waals surface area contributed by atoms with E-state index in [9.17, 15) is 9.59 Å². The summed E-state index contributed by atoms with van der Waals surface area (Å²) in [6, 6.07) is 0. The van der Waals surface area contributed by atoms with Crippen LogP contribution >= 0.6 is 0 Å². The van der Waals surface area contributed by atoms with Crippen LogP contribution in [0.25, 0.3) is 0 Å². The zero-order valence-corrected chi connectivity index (χ0v) is 14.9. The Bertz CT molecular complexity index is 318. The van der Waals surface area contributed by atoms with Crippen molar-refractivity contribution in [2.24, 2.45) is 5.92 Å². The third kappa shape index (κ3) is 7.88. The second kappa shape index (κ2) is 11.6. The smallest absolute Gasteiger partial charge is 0.481 e. The largest absolute Gasteiger partial charge is 0.751 e. The van der Waals surface area contributed by atoms with E-state index in [1.54, 1.807) is 20.8 Å². The molecule has 1 unspecified atom stereocenters. The molecule has 0 saturated carbocycles. The van der Waals surface area contributed by atoms with E-state index in [1.807, 2.05) is 6.92 Å². The molecule has 0 bridgehead atoms. The van der Waals surface area contributed by atoms with Gasteiger partial charge in [0.25, 0.3) is 5.97 Å². The molecule has 1 N–H and O–H groups in total. The minimum Gasteiger partial charge on any atom is -0.481 e.